The van der Waals surface area contributed by atoms with Crippen LogP contribution in [0.25, 0.3) is 0 Å². The van der Waals surface area contributed by atoms with Crippen molar-refractivity contribution in [2.24, 2.45) is 11.8 Å². The van der Waals surface area contributed by atoms with Crippen LogP contribution in [0.2, 0.25) is 0 Å². The van der Waals surface area contributed by atoms with Gasteiger partial charge in [0, 0.05) is 24.2 Å². The highest BCUT2D eigenvalue weighted by atomic mass is 32.2. The summed E-state index contributed by atoms with van der Waals surface area (Å²) in [5, 5.41) is 9.33. The second-order valence-corrected chi connectivity index (χ2v) is 8.80. The van der Waals surface area contributed by atoms with Crippen molar-refractivity contribution in [3.8, 4) is 0 Å². The molecule has 0 aliphatic carbocycles. The minimum absolute atomic E-state index is 0.0772. The molecule has 7 heteroatoms. The van der Waals surface area contributed by atoms with Crippen LogP contribution < -0.4 is 0 Å². The molecular formula is C20H21NO5S. The van der Waals surface area contributed by atoms with Gasteiger partial charge in [0.25, 0.3) is 0 Å². The zero-order valence-corrected chi connectivity index (χ0v) is 15.7. The normalized spacial score (nSPS) is 20.9. The van der Waals surface area contributed by atoms with Crippen LogP contribution in [0, 0.1) is 11.8 Å². The van der Waals surface area contributed by atoms with E-state index in [0.29, 0.717) is 12.0 Å². The number of hydrogen-bond acceptors (Lipinski definition) is 4. The topological polar surface area (TPSA) is 91.8 Å². The lowest BCUT2D eigenvalue weighted by Crippen LogP contribution is -2.45. The Bertz CT molecular complexity index is 955. The number of carbonyl (C=O) groups excluding carboxylic acids is 1. The first kappa shape index (κ1) is 19.3. The van der Waals surface area contributed by atoms with Crippen molar-refractivity contribution in [2.45, 2.75) is 18.2 Å². The molecule has 1 saturated heterocycles. The number of sulfonamides is 1. The number of hydrogen-bond donors (Lipinski definition) is 1. The maximum atomic E-state index is 13.2. The second-order valence-electron chi connectivity index (χ2n) is 6.89. The van der Waals surface area contributed by atoms with Crippen molar-refractivity contribution in [3.05, 3.63) is 65.7 Å². The third kappa shape index (κ3) is 3.94. The van der Waals surface area contributed by atoms with E-state index in [0.717, 1.165) is 0 Å². The number of carboxylic acid groups (broad SMARTS) is 1. The first-order valence-electron chi connectivity index (χ1n) is 8.72. The van der Waals surface area contributed by atoms with E-state index in [4.69, 9.17) is 0 Å². The number of benzene rings is 2. The van der Waals surface area contributed by atoms with Crippen molar-refractivity contribution in [3.63, 3.8) is 0 Å². The zero-order valence-electron chi connectivity index (χ0n) is 14.9. The van der Waals surface area contributed by atoms with Gasteiger partial charge in [-0.15, -0.1) is 0 Å². The SMILES string of the molecule is CC1CC(C(=O)O)CN(S(=O)(=O)c2ccccc2C(=O)c2ccccc2)C1. The number of piperidine rings is 1. The first-order chi connectivity index (χ1) is 12.8. The lowest BCUT2D eigenvalue weighted by Gasteiger charge is -2.34. The maximum Gasteiger partial charge on any atom is 0.307 e. The number of rotatable bonds is 5. The van der Waals surface area contributed by atoms with Crippen LogP contribution in [-0.2, 0) is 14.8 Å². The summed E-state index contributed by atoms with van der Waals surface area (Å²) in [4.78, 5) is 24.2. The molecule has 0 spiro atoms. The molecular weight excluding hydrogens is 366 g/mol. The van der Waals surface area contributed by atoms with E-state index in [1.165, 1.54) is 16.4 Å². The molecule has 3 rings (SSSR count). The van der Waals surface area contributed by atoms with Gasteiger partial charge < -0.3 is 5.11 Å². The van der Waals surface area contributed by atoms with Crippen molar-refractivity contribution < 1.29 is 23.1 Å². The highest BCUT2D eigenvalue weighted by Crippen LogP contribution is 2.29. The molecule has 1 N–H and O–H groups in total. The zero-order chi connectivity index (χ0) is 19.6. The number of nitrogens with zero attached hydrogens (tertiary/aromatic N) is 1. The molecule has 1 fully saturated rings. The quantitative estimate of drug-likeness (QED) is 0.797. The molecule has 2 unspecified atom stereocenters. The summed E-state index contributed by atoms with van der Waals surface area (Å²) in [6.45, 7) is 1.98. The molecule has 1 aliphatic heterocycles. The van der Waals surface area contributed by atoms with Crippen LogP contribution in [0.15, 0.2) is 59.5 Å². The lowest BCUT2D eigenvalue weighted by molar-refractivity contribution is -0.143. The van der Waals surface area contributed by atoms with E-state index >= 15 is 0 Å². The van der Waals surface area contributed by atoms with Gasteiger partial charge in [-0.2, -0.15) is 4.31 Å². The standard InChI is InChI=1S/C20H21NO5S/c1-14-11-16(20(23)24)13-21(12-14)27(25,26)18-10-6-5-9-17(18)19(22)15-7-3-2-4-8-15/h2-10,14,16H,11-13H2,1H3,(H,23,24). The summed E-state index contributed by atoms with van der Waals surface area (Å²) in [6, 6.07) is 14.6. The fourth-order valence-corrected chi connectivity index (χ4v) is 5.24. The van der Waals surface area contributed by atoms with Crippen LogP contribution in [0.1, 0.15) is 29.3 Å². The minimum atomic E-state index is -4.00. The predicted molar refractivity (Wildman–Crippen MR) is 100.0 cm³/mol. The molecule has 1 aliphatic rings. The highest BCUT2D eigenvalue weighted by molar-refractivity contribution is 7.89. The van der Waals surface area contributed by atoms with E-state index in [9.17, 15) is 23.1 Å². The van der Waals surface area contributed by atoms with Crippen molar-refractivity contribution in [2.75, 3.05) is 13.1 Å². The maximum absolute atomic E-state index is 13.2. The van der Waals surface area contributed by atoms with Crippen molar-refractivity contribution >= 4 is 21.8 Å². The van der Waals surface area contributed by atoms with Gasteiger partial charge in [0.15, 0.2) is 5.78 Å². The Balaban J connectivity index is 2.01. The summed E-state index contributed by atoms with van der Waals surface area (Å²) >= 11 is 0. The Morgan fingerprint density at radius 1 is 1.00 bits per heavy atom. The van der Waals surface area contributed by atoms with E-state index in [-0.39, 0.29) is 35.2 Å². The van der Waals surface area contributed by atoms with E-state index in [2.05, 4.69) is 0 Å². The van der Waals surface area contributed by atoms with Gasteiger partial charge in [0.2, 0.25) is 10.0 Å². The van der Waals surface area contributed by atoms with Gasteiger partial charge in [-0.25, -0.2) is 8.42 Å². The second kappa shape index (κ2) is 7.62. The van der Waals surface area contributed by atoms with Gasteiger partial charge in [-0.05, 0) is 24.5 Å². The van der Waals surface area contributed by atoms with E-state index in [1.807, 2.05) is 6.92 Å². The summed E-state index contributed by atoms with van der Waals surface area (Å²) < 4.78 is 27.7. The van der Waals surface area contributed by atoms with Gasteiger partial charge in [-0.3, -0.25) is 9.59 Å². The average molecular weight is 387 g/mol. The van der Waals surface area contributed by atoms with Crippen LogP contribution in [0.3, 0.4) is 0 Å². The van der Waals surface area contributed by atoms with Crippen LogP contribution in [-0.4, -0.2) is 42.7 Å². The fraction of sp³-hybridized carbons (Fsp3) is 0.300. The number of aliphatic carboxylic acids is 1. The third-order valence-corrected chi connectivity index (χ3v) is 6.65. The third-order valence-electron chi connectivity index (χ3n) is 4.76. The van der Waals surface area contributed by atoms with Crippen molar-refractivity contribution in [1.29, 1.82) is 0 Å². The van der Waals surface area contributed by atoms with Crippen LogP contribution >= 0.6 is 0 Å². The Kier molecular flexibility index (Phi) is 5.43. The van der Waals surface area contributed by atoms with Gasteiger partial charge >= 0.3 is 5.97 Å². The van der Waals surface area contributed by atoms with E-state index < -0.39 is 21.9 Å². The Morgan fingerprint density at radius 2 is 1.63 bits per heavy atom. The average Bonchev–Trinajstić information content (AvgIpc) is 2.67. The predicted octanol–water partition coefficient (Wildman–Crippen LogP) is 2.65. The summed E-state index contributed by atoms with van der Waals surface area (Å²) in [7, 11) is -4.00. The molecule has 27 heavy (non-hydrogen) atoms. The molecule has 2 aromatic rings. The molecule has 2 aromatic carbocycles. The molecule has 6 nitrogen and oxygen atoms in total. The van der Waals surface area contributed by atoms with Crippen LogP contribution in [0.5, 0.6) is 0 Å². The van der Waals surface area contributed by atoms with Gasteiger partial charge in [0.05, 0.1) is 10.8 Å². The molecule has 0 amide bonds. The molecule has 1 heterocycles. The monoisotopic (exact) mass is 387 g/mol. The molecule has 2 atom stereocenters. The summed E-state index contributed by atoms with van der Waals surface area (Å²) in [5.74, 6) is -2.21. The molecule has 0 radical (unpaired) electrons. The molecule has 0 aromatic heterocycles. The van der Waals surface area contributed by atoms with E-state index in [1.54, 1.807) is 42.5 Å². The lowest BCUT2D eigenvalue weighted by atomic mass is 9.92. The molecule has 0 bridgehead atoms. The Morgan fingerprint density at radius 3 is 2.30 bits per heavy atom. The van der Waals surface area contributed by atoms with Crippen LogP contribution in [0.4, 0.5) is 0 Å². The summed E-state index contributed by atoms with van der Waals surface area (Å²) in [5.41, 5.74) is 0.490. The summed E-state index contributed by atoms with van der Waals surface area (Å²) in [6.07, 6.45) is 0.436. The number of carboxylic acids is 1. The number of ketones is 1. The Hall–Kier alpha value is -2.51. The fourth-order valence-electron chi connectivity index (χ4n) is 3.44. The molecule has 0 saturated carbocycles. The largest absolute Gasteiger partial charge is 0.481 e. The Labute approximate surface area is 158 Å². The molecule has 142 valence electrons. The van der Waals surface area contributed by atoms with Gasteiger partial charge in [-0.1, -0.05) is 49.4 Å². The van der Waals surface area contributed by atoms with Gasteiger partial charge in [0.1, 0.15) is 0 Å². The smallest absolute Gasteiger partial charge is 0.307 e. The highest BCUT2D eigenvalue weighted by Gasteiger charge is 2.37. The first-order valence-corrected chi connectivity index (χ1v) is 10.2. The number of carbonyl (C=O) groups is 2. The van der Waals surface area contributed by atoms with Crippen molar-refractivity contribution in [1.82, 2.24) is 4.31 Å². The minimum Gasteiger partial charge on any atom is -0.481 e.